The summed E-state index contributed by atoms with van der Waals surface area (Å²) in [4.78, 5) is 14.5. The van der Waals surface area contributed by atoms with Crippen molar-refractivity contribution in [2.75, 3.05) is 18.5 Å². The zero-order chi connectivity index (χ0) is 13.8. The summed E-state index contributed by atoms with van der Waals surface area (Å²) < 4.78 is 0. The molecule has 2 rings (SSSR count). The van der Waals surface area contributed by atoms with Gasteiger partial charge in [-0.3, -0.25) is 0 Å². The number of hydrogen-bond donors (Lipinski definition) is 1. The van der Waals surface area contributed by atoms with Crippen molar-refractivity contribution < 1.29 is 9.90 Å². The number of nitrogens with zero attached hydrogens (tertiary/aromatic N) is 1. The second-order valence-electron chi connectivity index (χ2n) is 4.22. The van der Waals surface area contributed by atoms with Crippen LogP contribution in [0.1, 0.15) is 15.2 Å². The first-order chi connectivity index (χ1) is 9.08. The fourth-order valence-electron chi connectivity index (χ4n) is 1.87. The van der Waals surface area contributed by atoms with Gasteiger partial charge in [0.25, 0.3) is 0 Å². The predicted octanol–water partition coefficient (Wildman–Crippen LogP) is 3.78. The Kier molecular flexibility index (Phi) is 4.45. The first-order valence-corrected chi connectivity index (χ1v) is 7.10. The quantitative estimate of drug-likeness (QED) is 0.912. The standard InChI is InChI=1S/C14H14ClNO2S/c1-16(7-6-11-3-2-8-19-11)13-5-4-10(15)9-12(13)14(17)18/h2-5,8-9H,6-7H2,1H3,(H,17,18). The van der Waals surface area contributed by atoms with Gasteiger partial charge in [0.15, 0.2) is 0 Å². The number of halogens is 1. The maximum atomic E-state index is 11.2. The van der Waals surface area contributed by atoms with E-state index in [9.17, 15) is 9.90 Å². The molecule has 19 heavy (non-hydrogen) atoms. The lowest BCUT2D eigenvalue weighted by molar-refractivity contribution is 0.0697. The lowest BCUT2D eigenvalue weighted by atomic mass is 10.1. The topological polar surface area (TPSA) is 40.5 Å². The summed E-state index contributed by atoms with van der Waals surface area (Å²) >= 11 is 7.55. The summed E-state index contributed by atoms with van der Waals surface area (Å²) in [6, 6.07) is 9.05. The minimum atomic E-state index is -0.958. The number of rotatable bonds is 5. The third-order valence-corrected chi connectivity index (χ3v) is 4.05. The molecule has 1 N–H and O–H groups in total. The molecule has 1 aromatic carbocycles. The average molecular weight is 296 g/mol. The van der Waals surface area contributed by atoms with Gasteiger partial charge in [-0.25, -0.2) is 4.79 Å². The van der Waals surface area contributed by atoms with Gasteiger partial charge >= 0.3 is 5.97 Å². The molecule has 1 aromatic heterocycles. The van der Waals surface area contributed by atoms with Gasteiger partial charge in [0.2, 0.25) is 0 Å². The number of aromatic carboxylic acids is 1. The van der Waals surface area contributed by atoms with Crippen LogP contribution in [0.4, 0.5) is 5.69 Å². The van der Waals surface area contributed by atoms with Crippen LogP contribution in [0, 0.1) is 0 Å². The first-order valence-electron chi connectivity index (χ1n) is 5.84. The number of benzene rings is 1. The Balaban J connectivity index is 2.14. The van der Waals surface area contributed by atoms with Gasteiger partial charge in [-0.05, 0) is 36.1 Å². The van der Waals surface area contributed by atoms with Crippen molar-refractivity contribution in [1.82, 2.24) is 0 Å². The first kappa shape index (κ1) is 13.9. The van der Waals surface area contributed by atoms with Crippen molar-refractivity contribution in [3.8, 4) is 0 Å². The van der Waals surface area contributed by atoms with E-state index in [4.69, 9.17) is 11.6 Å². The van der Waals surface area contributed by atoms with E-state index in [0.29, 0.717) is 10.7 Å². The van der Waals surface area contributed by atoms with Gasteiger partial charge in [-0.2, -0.15) is 0 Å². The zero-order valence-electron chi connectivity index (χ0n) is 10.5. The summed E-state index contributed by atoms with van der Waals surface area (Å²) in [5.74, 6) is -0.958. The maximum Gasteiger partial charge on any atom is 0.337 e. The molecule has 2 aromatic rings. The Morgan fingerprint density at radius 3 is 2.84 bits per heavy atom. The molecule has 0 radical (unpaired) electrons. The van der Waals surface area contributed by atoms with Gasteiger partial charge < -0.3 is 10.0 Å². The highest BCUT2D eigenvalue weighted by atomic mass is 35.5. The monoisotopic (exact) mass is 295 g/mol. The molecule has 5 heteroatoms. The maximum absolute atomic E-state index is 11.2. The van der Waals surface area contributed by atoms with Gasteiger partial charge in [-0.1, -0.05) is 17.7 Å². The Bertz CT molecular complexity index is 569. The van der Waals surface area contributed by atoms with E-state index in [0.717, 1.165) is 13.0 Å². The van der Waals surface area contributed by atoms with Crippen LogP contribution in [0.25, 0.3) is 0 Å². The van der Waals surface area contributed by atoms with Crippen LogP contribution in [0.2, 0.25) is 5.02 Å². The van der Waals surface area contributed by atoms with Crippen LogP contribution in [-0.4, -0.2) is 24.7 Å². The molecule has 0 unspecified atom stereocenters. The van der Waals surface area contributed by atoms with Gasteiger partial charge in [0.1, 0.15) is 0 Å². The van der Waals surface area contributed by atoms with Crippen LogP contribution in [0.15, 0.2) is 35.7 Å². The number of carboxylic acids is 1. The van der Waals surface area contributed by atoms with Crippen molar-refractivity contribution in [3.05, 3.63) is 51.2 Å². The summed E-state index contributed by atoms with van der Waals surface area (Å²) in [7, 11) is 1.89. The second-order valence-corrected chi connectivity index (χ2v) is 5.69. The van der Waals surface area contributed by atoms with E-state index >= 15 is 0 Å². The molecule has 3 nitrogen and oxygen atoms in total. The number of thiophene rings is 1. The number of carboxylic acid groups (broad SMARTS) is 1. The van der Waals surface area contributed by atoms with E-state index < -0.39 is 5.97 Å². The van der Waals surface area contributed by atoms with Gasteiger partial charge in [-0.15, -0.1) is 11.3 Å². The van der Waals surface area contributed by atoms with E-state index in [-0.39, 0.29) is 5.56 Å². The molecular weight excluding hydrogens is 282 g/mol. The number of hydrogen-bond acceptors (Lipinski definition) is 3. The highest BCUT2D eigenvalue weighted by Gasteiger charge is 2.14. The molecule has 0 amide bonds. The van der Waals surface area contributed by atoms with Gasteiger partial charge in [0.05, 0.1) is 11.3 Å². The van der Waals surface area contributed by atoms with Crippen LogP contribution >= 0.6 is 22.9 Å². The molecule has 0 saturated carbocycles. The zero-order valence-corrected chi connectivity index (χ0v) is 12.0. The molecule has 0 aliphatic heterocycles. The van der Waals surface area contributed by atoms with E-state index in [2.05, 4.69) is 6.07 Å². The van der Waals surface area contributed by atoms with E-state index in [1.54, 1.807) is 23.5 Å². The summed E-state index contributed by atoms with van der Waals surface area (Å²) in [6.45, 7) is 0.766. The number of likely N-dealkylation sites (N-methyl/N-ethyl adjacent to an activating group) is 1. The van der Waals surface area contributed by atoms with Crippen LogP contribution in [0.3, 0.4) is 0 Å². The smallest absolute Gasteiger partial charge is 0.337 e. The Labute approximate surface area is 121 Å². The molecule has 0 saturated heterocycles. The Morgan fingerprint density at radius 1 is 1.42 bits per heavy atom. The molecule has 0 aliphatic carbocycles. The van der Waals surface area contributed by atoms with E-state index in [1.165, 1.54) is 10.9 Å². The summed E-state index contributed by atoms with van der Waals surface area (Å²) in [6.07, 6.45) is 0.899. The van der Waals surface area contributed by atoms with Crippen molar-refractivity contribution in [3.63, 3.8) is 0 Å². The predicted molar refractivity (Wildman–Crippen MR) is 79.7 cm³/mol. The molecular formula is C14H14ClNO2S. The molecule has 0 fully saturated rings. The van der Waals surface area contributed by atoms with Crippen molar-refractivity contribution in [2.24, 2.45) is 0 Å². The minimum Gasteiger partial charge on any atom is -0.478 e. The molecule has 0 aliphatic rings. The van der Waals surface area contributed by atoms with Crippen LogP contribution < -0.4 is 4.90 Å². The summed E-state index contributed by atoms with van der Waals surface area (Å²) in [5, 5.41) is 11.7. The lowest BCUT2D eigenvalue weighted by Crippen LogP contribution is -2.22. The summed E-state index contributed by atoms with van der Waals surface area (Å²) in [5.41, 5.74) is 0.926. The highest BCUT2D eigenvalue weighted by Crippen LogP contribution is 2.24. The Morgan fingerprint density at radius 2 is 2.21 bits per heavy atom. The van der Waals surface area contributed by atoms with Crippen molar-refractivity contribution in [1.29, 1.82) is 0 Å². The molecule has 0 spiro atoms. The second kappa shape index (κ2) is 6.08. The number of carbonyl (C=O) groups is 1. The van der Waals surface area contributed by atoms with Crippen LogP contribution in [0.5, 0.6) is 0 Å². The number of anilines is 1. The van der Waals surface area contributed by atoms with Crippen LogP contribution in [-0.2, 0) is 6.42 Å². The molecule has 100 valence electrons. The average Bonchev–Trinajstić information content (AvgIpc) is 2.88. The SMILES string of the molecule is CN(CCc1cccs1)c1ccc(Cl)cc1C(=O)O. The highest BCUT2D eigenvalue weighted by molar-refractivity contribution is 7.09. The third kappa shape index (κ3) is 3.49. The van der Waals surface area contributed by atoms with E-state index in [1.807, 2.05) is 23.4 Å². The van der Waals surface area contributed by atoms with Crippen molar-refractivity contribution >= 4 is 34.6 Å². The van der Waals surface area contributed by atoms with Gasteiger partial charge in [0, 0.05) is 23.5 Å². The molecule has 1 heterocycles. The fourth-order valence-corrected chi connectivity index (χ4v) is 2.74. The molecule has 0 bridgehead atoms. The van der Waals surface area contributed by atoms with Crippen molar-refractivity contribution in [2.45, 2.75) is 6.42 Å². The fraction of sp³-hybridized carbons (Fsp3) is 0.214. The third-order valence-electron chi connectivity index (χ3n) is 2.87. The molecule has 0 atom stereocenters. The Hall–Kier alpha value is -1.52. The lowest BCUT2D eigenvalue weighted by Gasteiger charge is -2.21. The normalized spacial score (nSPS) is 10.4. The minimum absolute atomic E-state index is 0.237. The largest absolute Gasteiger partial charge is 0.478 e.